The van der Waals surface area contributed by atoms with Gasteiger partial charge >= 0.3 is 0 Å². The first-order chi connectivity index (χ1) is 19.3. The van der Waals surface area contributed by atoms with E-state index < -0.39 is 27.0 Å². The summed E-state index contributed by atoms with van der Waals surface area (Å²) in [7, 11) is 0. The molecule has 10 heteroatoms. The van der Waals surface area contributed by atoms with Crippen molar-refractivity contribution >= 4 is 23.4 Å². The number of ether oxygens (including phenoxy) is 2. The molecule has 0 spiro atoms. The topological polar surface area (TPSA) is 134 Å². The summed E-state index contributed by atoms with van der Waals surface area (Å²) < 4.78 is 12.0. The van der Waals surface area contributed by atoms with Gasteiger partial charge < -0.3 is 9.47 Å². The third-order valence-electron chi connectivity index (χ3n) is 5.82. The Labute approximate surface area is 229 Å². The molecular formula is C30H25N3O7. The Morgan fingerprint density at radius 3 is 2.15 bits per heavy atom. The molecule has 0 heterocycles. The van der Waals surface area contributed by atoms with Crippen LogP contribution in [-0.4, -0.2) is 28.4 Å². The number of carbonyl (C=O) groups excluding carboxylic acids is 1. The Balaban J connectivity index is 1.52. The molecule has 0 amide bonds. The molecular weight excluding hydrogens is 514 g/mol. The maximum Gasteiger partial charge on any atom is 0.277 e. The lowest BCUT2D eigenvalue weighted by Gasteiger charge is -2.13. The second kappa shape index (κ2) is 12.9. The number of ketones is 1. The van der Waals surface area contributed by atoms with Crippen molar-refractivity contribution in [1.29, 1.82) is 0 Å². The Kier molecular flexibility index (Phi) is 8.93. The van der Waals surface area contributed by atoms with Crippen LogP contribution in [0.25, 0.3) is 0 Å². The second-order valence-corrected chi connectivity index (χ2v) is 8.90. The molecule has 0 aliphatic heterocycles. The van der Waals surface area contributed by atoms with Crippen molar-refractivity contribution in [3.8, 4) is 11.5 Å². The number of nitro groups is 2. The van der Waals surface area contributed by atoms with E-state index in [1.165, 1.54) is 6.21 Å². The third kappa shape index (κ3) is 7.57. The molecule has 0 aliphatic rings. The van der Waals surface area contributed by atoms with Crippen molar-refractivity contribution in [2.24, 2.45) is 4.99 Å². The van der Waals surface area contributed by atoms with E-state index in [1.54, 1.807) is 18.2 Å². The fraction of sp³-hybridized carbons (Fsp3) is 0.133. The number of benzene rings is 4. The number of rotatable bonds is 12. The van der Waals surface area contributed by atoms with Crippen LogP contribution in [0.4, 0.5) is 11.4 Å². The van der Waals surface area contributed by atoms with Gasteiger partial charge in [0.25, 0.3) is 11.4 Å². The molecule has 0 aliphatic carbocycles. The van der Waals surface area contributed by atoms with Crippen LogP contribution in [-0.2, 0) is 13.2 Å². The minimum atomic E-state index is -0.786. The predicted molar refractivity (Wildman–Crippen MR) is 149 cm³/mol. The monoisotopic (exact) mass is 539 g/mol. The third-order valence-corrected chi connectivity index (χ3v) is 5.82. The largest absolute Gasteiger partial charge is 0.489 e. The first-order valence-electron chi connectivity index (χ1n) is 12.2. The molecule has 0 aromatic heterocycles. The Morgan fingerprint density at radius 1 is 0.800 bits per heavy atom. The van der Waals surface area contributed by atoms with Crippen LogP contribution >= 0.6 is 0 Å². The fourth-order valence-corrected chi connectivity index (χ4v) is 3.83. The molecule has 10 nitrogen and oxygen atoms in total. The van der Waals surface area contributed by atoms with E-state index in [1.807, 2.05) is 61.5 Å². The molecule has 40 heavy (non-hydrogen) atoms. The van der Waals surface area contributed by atoms with Gasteiger partial charge in [0.2, 0.25) is 0 Å². The molecule has 0 unspecified atom stereocenters. The van der Waals surface area contributed by atoms with Crippen molar-refractivity contribution in [3.63, 3.8) is 0 Å². The van der Waals surface area contributed by atoms with Crippen molar-refractivity contribution in [2.75, 3.05) is 6.54 Å². The summed E-state index contributed by atoms with van der Waals surface area (Å²) in [6, 6.07) is 25.7. The van der Waals surface area contributed by atoms with Gasteiger partial charge in [0, 0.05) is 35.5 Å². The number of nitrogens with zero attached hydrogens (tertiary/aromatic N) is 3. The number of hydrogen-bond acceptors (Lipinski definition) is 8. The summed E-state index contributed by atoms with van der Waals surface area (Å²) in [6.07, 6.45) is 1.45. The van der Waals surface area contributed by atoms with Crippen molar-refractivity contribution in [1.82, 2.24) is 0 Å². The van der Waals surface area contributed by atoms with Crippen LogP contribution < -0.4 is 9.47 Å². The van der Waals surface area contributed by atoms with Crippen molar-refractivity contribution < 1.29 is 24.1 Å². The lowest BCUT2D eigenvalue weighted by Crippen LogP contribution is -2.06. The summed E-state index contributed by atoms with van der Waals surface area (Å²) in [6.45, 7) is 2.30. The molecule has 4 aromatic rings. The lowest BCUT2D eigenvalue weighted by atomic mass is 10.1. The van der Waals surface area contributed by atoms with Gasteiger partial charge in [-0.05, 0) is 30.2 Å². The number of nitro benzene ring substituents is 2. The quantitative estimate of drug-likeness (QED) is 0.0896. The van der Waals surface area contributed by atoms with Gasteiger partial charge in [-0.1, -0.05) is 60.2 Å². The number of aryl methyl sites for hydroxylation is 1. The van der Waals surface area contributed by atoms with Crippen molar-refractivity contribution in [3.05, 3.63) is 139 Å². The van der Waals surface area contributed by atoms with Crippen LogP contribution in [0.15, 0.2) is 96.0 Å². The summed E-state index contributed by atoms with van der Waals surface area (Å²) >= 11 is 0. The van der Waals surface area contributed by atoms with E-state index in [2.05, 4.69) is 4.99 Å². The van der Waals surface area contributed by atoms with E-state index in [9.17, 15) is 25.0 Å². The van der Waals surface area contributed by atoms with Crippen LogP contribution in [0.1, 0.15) is 32.6 Å². The summed E-state index contributed by atoms with van der Waals surface area (Å²) in [4.78, 5) is 37.6. The maximum atomic E-state index is 12.7. The molecule has 0 atom stereocenters. The number of carbonyl (C=O) groups is 1. The van der Waals surface area contributed by atoms with Crippen LogP contribution in [0.2, 0.25) is 0 Å². The first-order valence-corrected chi connectivity index (χ1v) is 12.2. The highest BCUT2D eigenvalue weighted by Gasteiger charge is 2.19. The minimum absolute atomic E-state index is 0.168. The van der Waals surface area contributed by atoms with E-state index >= 15 is 0 Å². The zero-order valence-corrected chi connectivity index (χ0v) is 21.6. The predicted octanol–water partition coefficient (Wildman–Crippen LogP) is 6.27. The lowest BCUT2D eigenvalue weighted by molar-refractivity contribution is -0.394. The smallest absolute Gasteiger partial charge is 0.277 e. The van der Waals surface area contributed by atoms with E-state index in [-0.39, 0.29) is 12.1 Å². The molecule has 0 saturated carbocycles. The molecule has 4 aromatic carbocycles. The average Bonchev–Trinajstić information content (AvgIpc) is 2.96. The summed E-state index contributed by atoms with van der Waals surface area (Å²) in [5.74, 6) is 0.461. The zero-order chi connectivity index (χ0) is 28.5. The highest BCUT2D eigenvalue weighted by atomic mass is 16.6. The molecule has 0 saturated heterocycles. The SMILES string of the molecule is Cc1cccc(COc2ccc(C=NCC(=O)c3cc([N+](=O)[O-])cc([N+](=O)[O-])c3)c(OCc3ccccc3)c2)c1. The van der Waals surface area contributed by atoms with Gasteiger partial charge in [-0.15, -0.1) is 0 Å². The zero-order valence-electron chi connectivity index (χ0n) is 21.6. The molecule has 0 fully saturated rings. The van der Waals surface area contributed by atoms with Crippen LogP contribution in [0, 0.1) is 27.2 Å². The van der Waals surface area contributed by atoms with Crippen LogP contribution in [0.3, 0.4) is 0 Å². The van der Waals surface area contributed by atoms with Gasteiger partial charge in [0.05, 0.1) is 15.9 Å². The Bertz CT molecular complexity index is 1540. The van der Waals surface area contributed by atoms with Gasteiger partial charge in [0.15, 0.2) is 5.78 Å². The second-order valence-electron chi connectivity index (χ2n) is 8.90. The first kappa shape index (κ1) is 27.6. The normalized spacial score (nSPS) is 10.8. The number of Topliss-reactive ketones (excluding diaryl/α,β-unsaturated/α-hetero) is 1. The fourth-order valence-electron chi connectivity index (χ4n) is 3.83. The summed E-state index contributed by atoms with van der Waals surface area (Å²) in [5, 5.41) is 22.3. The van der Waals surface area contributed by atoms with Gasteiger partial charge in [0.1, 0.15) is 31.3 Å². The van der Waals surface area contributed by atoms with E-state index in [4.69, 9.17) is 9.47 Å². The highest BCUT2D eigenvalue weighted by Crippen LogP contribution is 2.26. The number of aliphatic imine (C=N–C) groups is 1. The van der Waals surface area contributed by atoms with Crippen LogP contribution in [0.5, 0.6) is 11.5 Å². The maximum absolute atomic E-state index is 12.7. The number of hydrogen-bond donors (Lipinski definition) is 0. The highest BCUT2D eigenvalue weighted by molar-refractivity contribution is 6.00. The molecule has 202 valence electrons. The summed E-state index contributed by atoms with van der Waals surface area (Å²) in [5.41, 5.74) is 2.44. The standard InChI is InChI=1S/C30H25N3O7/c1-21-6-5-9-23(12-21)20-39-28-11-10-24(30(16-28)40-19-22-7-3-2-4-8-22)17-31-18-29(34)25-13-26(32(35)36)15-27(14-25)33(37)38/h2-17H,18-20H2,1H3. The average molecular weight is 540 g/mol. The van der Waals surface area contributed by atoms with Gasteiger partial charge in [-0.25, -0.2) is 0 Å². The van der Waals surface area contributed by atoms with Gasteiger partial charge in [-0.2, -0.15) is 0 Å². The Morgan fingerprint density at radius 2 is 1.48 bits per heavy atom. The Hall–Kier alpha value is -5.38. The molecule has 0 N–H and O–H groups in total. The molecule has 4 rings (SSSR count). The van der Waals surface area contributed by atoms with Crippen molar-refractivity contribution in [2.45, 2.75) is 20.1 Å². The van der Waals surface area contributed by atoms with E-state index in [0.29, 0.717) is 30.3 Å². The molecule has 0 radical (unpaired) electrons. The number of non-ortho nitro benzene ring substituents is 2. The van der Waals surface area contributed by atoms with E-state index in [0.717, 1.165) is 34.9 Å². The minimum Gasteiger partial charge on any atom is -0.489 e. The molecule has 0 bridgehead atoms. The van der Waals surface area contributed by atoms with Gasteiger partial charge in [-0.3, -0.25) is 30.0 Å².